The van der Waals surface area contributed by atoms with E-state index < -0.39 is 5.69 Å². The third-order valence-electron chi connectivity index (χ3n) is 2.81. The van der Waals surface area contributed by atoms with Crippen LogP contribution in [0.1, 0.15) is 25.5 Å². The van der Waals surface area contributed by atoms with Crippen molar-refractivity contribution >= 4 is 5.82 Å². The Labute approximate surface area is 110 Å². The summed E-state index contributed by atoms with van der Waals surface area (Å²) in [6, 6.07) is 11.0. The lowest BCUT2D eigenvalue weighted by Crippen LogP contribution is -2.36. The molecule has 0 bridgehead atoms. The fourth-order valence-corrected chi connectivity index (χ4v) is 1.88. The molecular weight excluding hydrogens is 242 g/mol. The predicted molar refractivity (Wildman–Crippen MR) is 75.5 cm³/mol. The zero-order valence-electron chi connectivity index (χ0n) is 11.0. The van der Waals surface area contributed by atoms with Crippen LogP contribution in [0.3, 0.4) is 0 Å². The second kappa shape index (κ2) is 5.56. The maximum absolute atomic E-state index is 11.8. The first-order chi connectivity index (χ1) is 9.08. The van der Waals surface area contributed by atoms with Gasteiger partial charge in [0.15, 0.2) is 0 Å². The van der Waals surface area contributed by atoms with E-state index in [4.69, 9.17) is 0 Å². The Balaban J connectivity index is 2.19. The van der Waals surface area contributed by atoms with Gasteiger partial charge < -0.3 is 5.32 Å². The summed E-state index contributed by atoms with van der Waals surface area (Å²) in [5.41, 5.74) is 0.392. The third-order valence-corrected chi connectivity index (χ3v) is 2.81. The minimum absolute atomic E-state index is 0.153. The molecule has 0 aliphatic heterocycles. The van der Waals surface area contributed by atoms with E-state index in [1.807, 2.05) is 30.3 Å². The van der Waals surface area contributed by atoms with Crippen molar-refractivity contribution in [2.24, 2.45) is 0 Å². The number of hydrogen-bond acceptors (Lipinski definition) is 3. The van der Waals surface area contributed by atoms with E-state index in [0.717, 1.165) is 5.56 Å². The van der Waals surface area contributed by atoms with E-state index >= 15 is 0 Å². The monoisotopic (exact) mass is 259 g/mol. The van der Waals surface area contributed by atoms with Crippen molar-refractivity contribution < 1.29 is 0 Å². The smallest absolute Gasteiger partial charge is 0.330 e. The minimum Gasteiger partial charge on any atom is -0.367 e. The second-order valence-corrected chi connectivity index (χ2v) is 4.63. The van der Waals surface area contributed by atoms with Crippen LogP contribution in [-0.2, 0) is 6.54 Å². The van der Waals surface area contributed by atoms with Crippen molar-refractivity contribution in [2.75, 3.05) is 5.32 Å². The summed E-state index contributed by atoms with van der Waals surface area (Å²) in [6.45, 7) is 4.16. The summed E-state index contributed by atoms with van der Waals surface area (Å²) in [5, 5.41) is 3.04. The molecule has 0 spiro atoms. The van der Waals surface area contributed by atoms with Crippen LogP contribution in [0.15, 0.2) is 46.0 Å². The number of hydrogen-bond donors (Lipinski definition) is 2. The van der Waals surface area contributed by atoms with E-state index in [0.29, 0.717) is 12.4 Å². The average Bonchev–Trinajstić information content (AvgIpc) is 2.36. The van der Waals surface area contributed by atoms with Crippen molar-refractivity contribution in [3.63, 3.8) is 0 Å². The first-order valence-electron chi connectivity index (χ1n) is 6.21. The van der Waals surface area contributed by atoms with Gasteiger partial charge in [0, 0.05) is 18.7 Å². The molecule has 0 amide bonds. The van der Waals surface area contributed by atoms with Crippen molar-refractivity contribution in [1.82, 2.24) is 9.55 Å². The molecule has 100 valence electrons. The highest BCUT2D eigenvalue weighted by molar-refractivity contribution is 5.33. The number of anilines is 1. The van der Waals surface area contributed by atoms with Gasteiger partial charge in [0.2, 0.25) is 0 Å². The molecule has 0 saturated heterocycles. The summed E-state index contributed by atoms with van der Waals surface area (Å²) < 4.78 is 1.19. The van der Waals surface area contributed by atoms with Crippen LogP contribution in [-0.4, -0.2) is 9.55 Å². The van der Waals surface area contributed by atoms with Crippen molar-refractivity contribution in [3.8, 4) is 0 Å². The van der Waals surface area contributed by atoms with E-state index in [9.17, 15) is 9.59 Å². The van der Waals surface area contributed by atoms with Gasteiger partial charge >= 0.3 is 5.69 Å². The summed E-state index contributed by atoms with van der Waals surface area (Å²) in [7, 11) is 0. The maximum Gasteiger partial charge on any atom is 0.330 e. The topological polar surface area (TPSA) is 66.9 Å². The van der Waals surface area contributed by atoms with E-state index in [-0.39, 0.29) is 11.6 Å². The van der Waals surface area contributed by atoms with Gasteiger partial charge in [-0.05, 0) is 19.4 Å². The largest absolute Gasteiger partial charge is 0.367 e. The lowest BCUT2D eigenvalue weighted by molar-refractivity contribution is 0.546. The molecule has 0 unspecified atom stereocenters. The van der Waals surface area contributed by atoms with Gasteiger partial charge in [0.25, 0.3) is 5.56 Å². The summed E-state index contributed by atoms with van der Waals surface area (Å²) >= 11 is 0. The molecule has 0 saturated carbocycles. The van der Waals surface area contributed by atoms with Crippen LogP contribution in [0.5, 0.6) is 0 Å². The molecule has 0 fully saturated rings. The Bertz CT molecular complexity index is 625. The van der Waals surface area contributed by atoms with E-state index in [2.05, 4.69) is 10.3 Å². The number of rotatable bonds is 4. The molecule has 0 atom stereocenters. The SMILES string of the molecule is CC(C)n1c(=O)cc(NCc2ccccc2)[nH]c1=O. The fraction of sp³-hybridized carbons (Fsp3) is 0.286. The Morgan fingerprint density at radius 2 is 1.89 bits per heavy atom. The molecule has 0 aliphatic rings. The van der Waals surface area contributed by atoms with Crippen LogP contribution >= 0.6 is 0 Å². The van der Waals surface area contributed by atoms with Gasteiger partial charge in [-0.3, -0.25) is 14.3 Å². The standard InChI is InChI=1S/C14H17N3O2/c1-10(2)17-13(18)8-12(16-14(17)19)15-9-11-6-4-3-5-7-11/h3-8,10,15H,9H2,1-2H3,(H,16,19). The number of aromatic amines is 1. The van der Waals surface area contributed by atoms with Crippen molar-refractivity contribution in [3.05, 3.63) is 62.8 Å². The molecular formula is C14H17N3O2. The Morgan fingerprint density at radius 1 is 1.21 bits per heavy atom. The highest BCUT2D eigenvalue weighted by Gasteiger charge is 2.07. The summed E-state index contributed by atoms with van der Waals surface area (Å²) in [4.78, 5) is 26.3. The van der Waals surface area contributed by atoms with E-state index in [1.54, 1.807) is 13.8 Å². The molecule has 1 aromatic carbocycles. The number of nitrogens with zero attached hydrogens (tertiary/aromatic N) is 1. The van der Waals surface area contributed by atoms with Crippen LogP contribution in [0.4, 0.5) is 5.82 Å². The third kappa shape index (κ3) is 3.13. The molecule has 1 heterocycles. The zero-order valence-corrected chi connectivity index (χ0v) is 11.0. The number of aromatic nitrogens is 2. The van der Waals surface area contributed by atoms with Gasteiger partial charge in [-0.1, -0.05) is 30.3 Å². The van der Waals surface area contributed by atoms with E-state index in [1.165, 1.54) is 10.6 Å². The summed E-state index contributed by atoms with van der Waals surface area (Å²) in [6.07, 6.45) is 0. The Morgan fingerprint density at radius 3 is 2.47 bits per heavy atom. The molecule has 2 N–H and O–H groups in total. The predicted octanol–water partition coefficient (Wildman–Crippen LogP) is 1.73. The number of H-pyrrole nitrogens is 1. The van der Waals surface area contributed by atoms with Crippen molar-refractivity contribution in [1.29, 1.82) is 0 Å². The quantitative estimate of drug-likeness (QED) is 0.878. The number of nitrogens with one attached hydrogen (secondary N) is 2. The van der Waals surface area contributed by atoms with Crippen LogP contribution in [0, 0.1) is 0 Å². The maximum atomic E-state index is 11.8. The molecule has 19 heavy (non-hydrogen) atoms. The molecule has 0 aliphatic carbocycles. The van der Waals surface area contributed by atoms with Crippen molar-refractivity contribution in [2.45, 2.75) is 26.4 Å². The summed E-state index contributed by atoms with van der Waals surface area (Å²) in [5.74, 6) is 0.441. The van der Waals surface area contributed by atoms with Crippen LogP contribution in [0.25, 0.3) is 0 Å². The minimum atomic E-state index is -0.391. The molecule has 2 rings (SSSR count). The van der Waals surface area contributed by atoms with Gasteiger partial charge in [-0.2, -0.15) is 0 Å². The lowest BCUT2D eigenvalue weighted by atomic mass is 10.2. The first-order valence-corrected chi connectivity index (χ1v) is 6.21. The molecule has 2 aromatic rings. The highest BCUT2D eigenvalue weighted by atomic mass is 16.2. The molecule has 5 heteroatoms. The average molecular weight is 259 g/mol. The van der Waals surface area contributed by atoms with Gasteiger partial charge in [-0.15, -0.1) is 0 Å². The first kappa shape index (κ1) is 13.1. The Hall–Kier alpha value is -2.30. The van der Waals surface area contributed by atoms with Crippen LogP contribution in [0.2, 0.25) is 0 Å². The molecule has 1 aromatic heterocycles. The highest BCUT2D eigenvalue weighted by Crippen LogP contribution is 2.03. The van der Waals surface area contributed by atoms with Gasteiger partial charge in [-0.25, -0.2) is 4.79 Å². The lowest BCUT2D eigenvalue weighted by Gasteiger charge is -2.10. The second-order valence-electron chi connectivity index (χ2n) is 4.63. The fourth-order valence-electron chi connectivity index (χ4n) is 1.88. The normalized spacial score (nSPS) is 10.7. The van der Waals surface area contributed by atoms with Crippen LogP contribution < -0.4 is 16.6 Å². The zero-order chi connectivity index (χ0) is 13.8. The molecule has 5 nitrogen and oxygen atoms in total. The van der Waals surface area contributed by atoms with Gasteiger partial charge in [0.1, 0.15) is 5.82 Å². The molecule has 0 radical (unpaired) electrons. The Kier molecular flexibility index (Phi) is 3.85. The van der Waals surface area contributed by atoms with Gasteiger partial charge in [0.05, 0.1) is 0 Å². The number of benzene rings is 1.